The van der Waals surface area contributed by atoms with Gasteiger partial charge in [-0.05, 0) is 44.4 Å². The summed E-state index contributed by atoms with van der Waals surface area (Å²) in [5.74, 6) is -3.49. The summed E-state index contributed by atoms with van der Waals surface area (Å²) in [5, 5.41) is 9.32. The van der Waals surface area contributed by atoms with E-state index in [4.69, 9.17) is 4.74 Å². The van der Waals surface area contributed by atoms with E-state index >= 15 is 0 Å². The number of esters is 1. The van der Waals surface area contributed by atoms with Crippen LogP contribution in [0.4, 0.5) is 0 Å². The summed E-state index contributed by atoms with van der Waals surface area (Å²) in [6.07, 6.45) is -0.0325. The third kappa shape index (κ3) is 7.78. The van der Waals surface area contributed by atoms with E-state index in [-0.39, 0.29) is 25.4 Å². The van der Waals surface area contributed by atoms with Crippen molar-refractivity contribution in [2.24, 2.45) is 5.92 Å². The molecule has 26 heavy (non-hydrogen) atoms. The Morgan fingerprint density at radius 2 is 1.73 bits per heavy atom. The van der Waals surface area contributed by atoms with Crippen molar-refractivity contribution in [1.29, 1.82) is 0 Å². The monoisotopic (exact) mass is 365 g/mol. The van der Waals surface area contributed by atoms with Crippen molar-refractivity contribution in [2.75, 3.05) is 0 Å². The molecular formula is C18H23NO7. The van der Waals surface area contributed by atoms with Crippen LogP contribution < -0.4 is 5.48 Å². The second kappa shape index (κ2) is 10.2. The number of aliphatic carboxylic acids is 1. The van der Waals surface area contributed by atoms with Crippen molar-refractivity contribution in [3.8, 4) is 0 Å². The molecule has 8 heteroatoms. The van der Waals surface area contributed by atoms with Gasteiger partial charge in [-0.15, -0.1) is 0 Å². The maximum atomic E-state index is 11.8. The van der Waals surface area contributed by atoms with E-state index in [1.165, 1.54) is 0 Å². The van der Waals surface area contributed by atoms with Gasteiger partial charge in [0.2, 0.25) is 0 Å². The molecule has 0 fully saturated rings. The van der Waals surface area contributed by atoms with Gasteiger partial charge in [-0.3, -0.25) is 14.4 Å². The van der Waals surface area contributed by atoms with Gasteiger partial charge in [0, 0.05) is 13.3 Å². The molecule has 2 N–H and O–H groups in total. The molecular weight excluding hydrogens is 342 g/mol. The Bertz CT molecular complexity index is 652. The molecule has 0 aliphatic rings. The van der Waals surface area contributed by atoms with E-state index < -0.39 is 29.7 Å². The summed E-state index contributed by atoms with van der Waals surface area (Å²) in [7, 11) is 0. The fourth-order valence-corrected chi connectivity index (χ4v) is 2.14. The Morgan fingerprint density at radius 1 is 1.12 bits per heavy atom. The van der Waals surface area contributed by atoms with Gasteiger partial charge in [-0.2, -0.15) is 5.48 Å². The summed E-state index contributed by atoms with van der Waals surface area (Å²) in [5.41, 5.74) is 3.05. The van der Waals surface area contributed by atoms with Crippen LogP contribution in [0.15, 0.2) is 24.3 Å². The SMILES string of the molecule is CC(=O)ONC(=O)CCC(Cc1ccc(C(=O)OC(C)C)cc1)C(=O)O. The second-order valence-electron chi connectivity index (χ2n) is 6.05. The smallest absolute Gasteiger partial charge is 0.338 e. The van der Waals surface area contributed by atoms with E-state index in [0.29, 0.717) is 5.56 Å². The second-order valence-corrected chi connectivity index (χ2v) is 6.05. The lowest BCUT2D eigenvalue weighted by molar-refractivity contribution is -0.156. The van der Waals surface area contributed by atoms with Crippen LogP contribution in [0, 0.1) is 5.92 Å². The summed E-state index contributed by atoms with van der Waals surface area (Å²) in [6.45, 7) is 4.64. The first-order valence-corrected chi connectivity index (χ1v) is 8.18. The lowest BCUT2D eigenvalue weighted by atomic mass is 9.94. The Labute approximate surface area is 151 Å². The van der Waals surface area contributed by atoms with E-state index in [9.17, 15) is 24.3 Å². The number of nitrogens with one attached hydrogen (secondary N) is 1. The third-order valence-corrected chi connectivity index (χ3v) is 3.39. The molecule has 1 rings (SSSR count). The lowest BCUT2D eigenvalue weighted by Crippen LogP contribution is -2.27. The molecule has 1 aromatic carbocycles. The quantitative estimate of drug-likeness (QED) is 0.533. The highest BCUT2D eigenvalue weighted by molar-refractivity contribution is 5.89. The van der Waals surface area contributed by atoms with Crippen LogP contribution in [-0.4, -0.2) is 35.0 Å². The zero-order valence-electron chi connectivity index (χ0n) is 15.0. The van der Waals surface area contributed by atoms with Crippen molar-refractivity contribution < 1.29 is 33.9 Å². The van der Waals surface area contributed by atoms with Gasteiger partial charge in [0.15, 0.2) is 0 Å². The van der Waals surface area contributed by atoms with Crippen LogP contribution in [-0.2, 0) is 30.4 Å². The molecule has 0 saturated carbocycles. The maximum Gasteiger partial charge on any atom is 0.338 e. The molecule has 1 atom stereocenters. The molecule has 0 heterocycles. The molecule has 0 radical (unpaired) electrons. The van der Waals surface area contributed by atoms with Crippen molar-refractivity contribution >= 4 is 23.8 Å². The van der Waals surface area contributed by atoms with Gasteiger partial charge in [0.1, 0.15) is 0 Å². The maximum absolute atomic E-state index is 11.8. The van der Waals surface area contributed by atoms with Crippen molar-refractivity contribution in [2.45, 2.75) is 46.1 Å². The number of carboxylic acid groups (broad SMARTS) is 1. The number of hydroxylamine groups is 1. The van der Waals surface area contributed by atoms with Gasteiger partial charge < -0.3 is 14.7 Å². The topological polar surface area (TPSA) is 119 Å². The van der Waals surface area contributed by atoms with Gasteiger partial charge in [-0.1, -0.05) is 12.1 Å². The third-order valence-electron chi connectivity index (χ3n) is 3.39. The number of carbonyl (C=O) groups is 4. The minimum absolute atomic E-state index is 0.0829. The Hall–Kier alpha value is -2.90. The number of hydrogen-bond donors (Lipinski definition) is 2. The lowest BCUT2D eigenvalue weighted by Gasteiger charge is -2.13. The molecule has 0 saturated heterocycles. The Kier molecular flexibility index (Phi) is 8.27. The number of amides is 1. The largest absolute Gasteiger partial charge is 0.481 e. The predicted octanol–water partition coefficient (Wildman–Crippen LogP) is 1.87. The van der Waals surface area contributed by atoms with Crippen molar-refractivity contribution in [3.63, 3.8) is 0 Å². The zero-order valence-corrected chi connectivity index (χ0v) is 15.0. The van der Waals surface area contributed by atoms with Crippen LogP contribution in [0.2, 0.25) is 0 Å². The van der Waals surface area contributed by atoms with E-state index in [1.54, 1.807) is 38.1 Å². The Morgan fingerprint density at radius 3 is 2.23 bits per heavy atom. The van der Waals surface area contributed by atoms with Crippen LogP contribution in [0.25, 0.3) is 0 Å². The summed E-state index contributed by atoms with van der Waals surface area (Å²) >= 11 is 0. The van der Waals surface area contributed by atoms with E-state index in [0.717, 1.165) is 12.5 Å². The molecule has 0 aliphatic heterocycles. The summed E-state index contributed by atoms with van der Waals surface area (Å²) < 4.78 is 5.09. The average Bonchev–Trinajstić information content (AvgIpc) is 2.56. The molecule has 0 bridgehead atoms. The highest BCUT2D eigenvalue weighted by atomic mass is 16.7. The highest BCUT2D eigenvalue weighted by Gasteiger charge is 2.20. The van der Waals surface area contributed by atoms with Gasteiger partial charge in [0.05, 0.1) is 17.6 Å². The number of carboxylic acids is 1. The van der Waals surface area contributed by atoms with E-state index in [2.05, 4.69) is 4.84 Å². The minimum Gasteiger partial charge on any atom is -0.481 e. The molecule has 0 spiro atoms. The standard InChI is InChI=1S/C18H23NO7/c1-11(2)25-18(24)14-6-4-13(5-7-14)10-15(17(22)23)8-9-16(21)19-26-12(3)20/h4-7,11,15H,8-10H2,1-3H3,(H,19,21)(H,22,23). The molecule has 142 valence electrons. The summed E-state index contributed by atoms with van der Waals surface area (Å²) in [4.78, 5) is 49.6. The number of benzene rings is 1. The minimum atomic E-state index is -1.03. The first-order valence-electron chi connectivity index (χ1n) is 8.18. The highest BCUT2D eigenvalue weighted by Crippen LogP contribution is 2.16. The number of rotatable bonds is 8. The zero-order chi connectivity index (χ0) is 19.7. The molecule has 1 amide bonds. The van der Waals surface area contributed by atoms with Crippen LogP contribution >= 0.6 is 0 Å². The molecule has 1 unspecified atom stereocenters. The first kappa shape index (κ1) is 21.1. The van der Waals surface area contributed by atoms with Crippen LogP contribution in [0.3, 0.4) is 0 Å². The molecule has 8 nitrogen and oxygen atoms in total. The number of hydrogen-bond acceptors (Lipinski definition) is 6. The predicted molar refractivity (Wildman–Crippen MR) is 91.0 cm³/mol. The Balaban J connectivity index is 2.61. The summed E-state index contributed by atoms with van der Waals surface area (Å²) in [6, 6.07) is 6.47. The average molecular weight is 365 g/mol. The molecule has 0 aromatic heterocycles. The van der Waals surface area contributed by atoms with Gasteiger partial charge in [0.25, 0.3) is 5.91 Å². The van der Waals surface area contributed by atoms with E-state index in [1.807, 2.05) is 5.48 Å². The molecule has 0 aliphatic carbocycles. The van der Waals surface area contributed by atoms with Crippen molar-refractivity contribution in [3.05, 3.63) is 35.4 Å². The normalized spacial score (nSPS) is 11.5. The fraction of sp³-hybridized carbons (Fsp3) is 0.444. The van der Waals surface area contributed by atoms with Crippen LogP contribution in [0.5, 0.6) is 0 Å². The van der Waals surface area contributed by atoms with Gasteiger partial charge >= 0.3 is 17.9 Å². The first-order chi connectivity index (χ1) is 12.2. The molecule has 1 aromatic rings. The number of ether oxygens (including phenoxy) is 1. The van der Waals surface area contributed by atoms with Crippen LogP contribution in [0.1, 0.15) is 49.5 Å². The fourth-order valence-electron chi connectivity index (χ4n) is 2.14. The van der Waals surface area contributed by atoms with Crippen molar-refractivity contribution in [1.82, 2.24) is 5.48 Å². The van der Waals surface area contributed by atoms with Gasteiger partial charge in [-0.25, -0.2) is 4.79 Å². The number of carbonyl (C=O) groups excluding carboxylic acids is 3.